The number of rotatable bonds is 8. The van der Waals surface area contributed by atoms with E-state index in [-0.39, 0.29) is 17.2 Å². The van der Waals surface area contributed by atoms with E-state index in [2.05, 4.69) is 19.2 Å². The minimum Gasteiger partial charge on any atom is -0.496 e. The lowest BCUT2D eigenvalue weighted by atomic mass is 10.0. The fourth-order valence-corrected chi connectivity index (χ4v) is 5.33. The van der Waals surface area contributed by atoms with Crippen molar-refractivity contribution in [2.24, 2.45) is 0 Å². The van der Waals surface area contributed by atoms with Gasteiger partial charge < -0.3 is 10.1 Å². The summed E-state index contributed by atoms with van der Waals surface area (Å²) in [5.74, 6) is 0.776. The van der Waals surface area contributed by atoms with E-state index in [9.17, 15) is 13.2 Å². The smallest absolute Gasteiger partial charge is 0.243 e. The molecule has 3 rings (SSSR count). The lowest BCUT2D eigenvalue weighted by Crippen LogP contribution is -2.28. The molecule has 1 saturated heterocycles. The largest absolute Gasteiger partial charge is 0.496 e. The number of ether oxygens (including phenoxy) is 1. The van der Waals surface area contributed by atoms with Crippen LogP contribution in [0, 0.1) is 0 Å². The molecule has 0 radical (unpaired) electrons. The molecule has 7 heteroatoms. The fraction of sp³-hybridized carbons (Fsp3) is 0.435. The number of nitrogens with one attached hydrogen (secondary N) is 1. The quantitative estimate of drug-likeness (QED) is 0.682. The standard InChI is InChI=1S/C23H30N2O4S/c1-17(2)20-8-4-5-9-21(20)24-23(26)13-10-18-16-19(11-12-22(18)29-3)30(27,28)25-14-6-7-15-25/h4-5,8-9,11-12,16-17H,6-7,10,13-15H2,1-3H3,(H,24,26). The first kappa shape index (κ1) is 22.3. The van der Waals surface area contributed by atoms with Crippen molar-refractivity contribution in [3.63, 3.8) is 0 Å². The lowest BCUT2D eigenvalue weighted by molar-refractivity contribution is -0.116. The SMILES string of the molecule is COc1ccc(S(=O)(=O)N2CCCC2)cc1CCC(=O)Nc1ccccc1C(C)C. The number of anilines is 1. The van der Waals surface area contributed by atoms with Gasteiger partial charge >= 0.3 is 0 Å². The number of amides is 1. The molecule has 2 aromatic carbocycles. The van der Waals surface area contributed by atoms with Crippen LogP contribution in [0.25, 0.3) is 0 Å². The third kappa shape index (κ3) is 5.02. The molecule has 6 nitrogen and oxygen atoms in total. The molecule has 2 aromatic rings. The van der Waals surface area contributed by atoms with Crippen molar-refractivity contribution in [3.05, 3.63) is 53.6 Å². The number of hydrogen-bond acceptors (Lipinski definition) is 4. The Kier molecular flexibility index (Phi) is 7.15. The van der Waals surface area contributed by atoms with E-state index in [0.29, 0.717) is 36.7 Å². The van der Waals surface area contributed by atoms with Crippen molar-refractivity contribution in [3.8, 4) is 5.75 Å². The van der Waals surface area contributed by atoms with Crippen LogP contribution in [0.15, 0.2) is 47.4 Å². The molecular weight excluding hydrogens is 400 g/mol. The molecule has 1 aliphatic rings. The van der Waals surface area contributed by atoms with E-state index in [1.807, 2.05) is 24.3 Å². The van der Waals surface area contributed by atoms with Crippen LogP contribution in [0.2, 0.25) is 0 Å². The van der Waals surface area contributed by atoms with E-state index in [0.717, 1.165) is 24.1 Å². The number of nitrogens with zero attached hydrogens (tertiary/aromatic N) is 1. The Morgan fingerprint density at radius 1 is 1.13 bits per heavy atom. The van der Waals surface area contributed by atoms with Crippen LogP contribution in [0.3, 0.4) is 0 Å². The Morgan fingerprint density at radius 2 is 1.83 bits per heavy atom. The van der Waals surface area contributed by atoms with Gasteiger partial charge in [0.2, 0.25) is 15.9 Å². The maximum absolute atomic E-state index is 12.9. The number of methoxy groups -OCH3 is 1. The van der Waals surface area contributed by atoms with Gasteiger partial charge in [-0.2, -0.15) is 4.31 Å². The highest BCUT2D eigenvalue weighted by Crippen LogP contribution is 2.28. The molecule has 1 aliphatic heterocycles. The molecule has 1 fully saturated rings. The minimum absolute atomic E-state index is 0.113. The number of aryl methyl sites for hydroxylation is 1. The second kappa shape index (κ2) is 9.62. The van der Waals surface area contributed by atoms with Crippen LogP contribution in [-0.2, 0) is 21.2 Å². The average Bonchev–Trinajstić information content (AvgIpc) is 3.28. The molecule has 30 heavy (non-hydrogen) atoms. The zero-order valence-corrected chi connectivity index (χ0v) is 18.7. The van der Waals surface area contributed by atoms with Crippen LogP contribution >= 0.6 is 0 Å². The molecule has 1 heterocycles. The second-order valence-corrected chi connectivity index (χ2v) is 9.81. The molecule has 0 aliphatic carbocycles. The first-order valence-corrected chi connectivity index (χ1v) is 11.8. The highest BCUT2D eigenvalue weighted by Gasteiger charge is 2.27. The van der Waals surface area contributed by atoms with Crippen molar-refractivity contribution in [1.82, 2.24) is 4.31 Å². The van der Waals surface area contributed by atoms with Crippen LogP contribution in [0.4, 0.5) is 5.69 Å². The summed E-state index contributed by atoms with van der Waals surface area (Å²) in [6.45, 7) is 5.28. The van der Waals surface area contributed by atoms with Crippen LogP contribution < -0.4 is 10.1 Å². The van der Waals surface area contributed by atoms with E-state index >= 15 is 0 Å². The Hall–Kier alpha value is -2.38. The van der Waals surface area contributed by atoms with Crippen molar-refractivity contribution in [2.45, 2.75) is 50.3 Å². The highest BCUT2D eigenvalue weighted by molar-refractivity contribution is 7.89. The first-order valence-electron chi connectivity index (χ1n) is 10.4. The Morgan fingerprint density at radius 3 is 2.50 bits per heavy atom. The van der Waals surface area contributed by atoms with Gasteiger partial charge in [0.15, 0.2) is 0 Å². The van der Waals surface area contributed by atoms with Gasteiger partial charge in [-0.1, -0.05) is 32.0 Å². The van der Waals surface area contributed by atoms with Gasteiger partial charge in [-0.3, -0.25) is 4.79 Å². The van der Waals surface area contributed by atoms with Gasteiger partial charge in [-0.15, -0.1) is 0 Å². The van der Waals surface area contributed by atoms with Gasteiger partial charge in [0.05, 0.1) is 12.0 Å². The van der Waals surface area contributed by atoms with Gasteiger partial charge in [0.25, 0.3) is 0 Å². The number of carbonyl (C=O) groups excluding carboxylic acids is 1. The van der Waals surface area contributed by atoms with Crippen LogP contribution in [-0.4, -0.2) is 38.8 Å². The highest BCUT2D eigenvalue weighted by atomic mass is 32.2. The molecule has 0 spiro atoms. The molecule has 0 unspecified atom stereocenters. The van der Waals surface area contributed by atoms with Gasteiger partial charge in [-0.05, 0) is 60.6 Å². The molecule has 1 N–H and O–H groups in total. The molecule has 0 saturated carbocycles. The monoisotopic (exact) mass is 430 g/mol. The number of hydrogen-bond donors (Lipinski definition) is 1. The summed E-state index contributed by atoms with van der Waals surface area (Å²) in [6.07, 6.45) is 2.40. The Bertz CT molecular complexity index is 996. The molecule has 1 amide bonds. The summed E-state index contributed by atoms with van der Waals surface area (Å²) in [6, 6.07) is 12.7. The number of carbonyl (C=O) groups is 1. The first-order chi connectivity index (χ1) is 14.3. The lowest BCUT2D eigenvalue weighted by Gasteiger charge is -2.17. The molecular formula is C23H30N2O4S. The van der Waals surface area contributed by atoms with E-state index in [1.54, 1.807) is 25.3 Å². The van der Waals surface area contributed by atoms with Crippen LogP contribution in [0.1, 0.15) is 50.2 Å². The van der Waals surface area contributed by atoms with Gasteiger partial charge in [0, 0.05) is 25.2 Å². The van der Waals surface area contributed by atoms with E-state index in [1.165, 1.54) is 4.31 Å². The van der Waals surface area contributed by atoms with Gasteiger partial charge in [-0.25, -0.2) is 8.42 Å². The summed E-state index contributed by atoms with van der Waals surface area (Å²) in [4.78, 5) is 12.8. The molecule has 0 bridgehead atoms. The summed E-state index contributed by atoms with van der Waals surface area (Å²) >= 11 is 0. The second-order valence-electron chi connectivity index (χ2n) is 7.87. The maximum Gasteiger partial charge on any atom is 0.243 e. The number of sulfonamides is 1. The average molecular weight is 431 g/mol. The van der Waals surface area contributed by atoms with Crippen molar-refractivity contribution in [1.29, 1.82) is 0 Å². The third-order valence-electron chi connectivity index (χ3n) is 5.43. The Labute approximate surface area is 179 Å². The normalized spacial score (nSPS) is 14.8. The number of para-hydroxylation sites is 1. The molecule has 0 atom stereocenters. The van der Waals surface area contributed by atoms with Crippen molar-refractivity contribution >= 4 is 21.6 Å². The number of benzene rings is 2. The topological polar surface area (TPSA) is 75.7 Å². The van der Waals surface area contributed by atoms with Crippen molar-refractivity contribution < 1.29 is 17.9 Å². The summed E-state index contributed by atoms with van der Waals surface area (Å²) in [5.41, 5.74) is 2.61. The summed E-state index contributed by atoms with van der Waals surface area (Å²) in [5, 5.41) is 2.98. The molecule has 162 valence electrons. The Balaban J connectivity index is 1.74. The maximum atomic E-state index is 12.9. The van der Waals surface area contributed by atoms with Crippen LogP contribution in [0.5, 0.6) is 5.75 Å². The summed E-state index contributed by atoms with van der Waals surface area (Å²) in [7, 11) is -1.96. The van der Waals surface area contributed by atoms with E-state index < -0.39 is 10.0 Å². The van der Waals surface area contributed by atoms with Gasteiger partial charge in [0.1, 0.15) is 5.75 Å². The summed E-state index contributed by atoms with van der Waals surface area (Å²) < 4.78 is 32.7. The third-order valence-corrected chi connectivity index (χ3v) is 7.33. The molecule has 0 aromatic heterocycles. The predicted octanol–water partition coefficient (Wildman–Crippen LogP) is 4.17. The fourth-order valence-electron chi connectivity index (χ4n) is 3.76. The van der Waals surface area contributed by atoms with E-state index in [4.69, 9.17) is 4.74 Å². The zero-order chi connectivity index (χ0) is 21.7. The minimum atomic E-state index is -3.51. The predicted molar refractivity (Wildman–Crippen MR) is 118 cm³/mol. The zero-order valence-electron chi connectivity index (χ0n) is 17.8. The van der Waals surface area contributed by atoms with Crippen molar-refractivity contribution in [2.75, 3.05) is 25.5 Å².